The molecule has 0 atom stereocenters. The Kier molecular flexibility index (Phi) is 3.82. The standard InChI is InChI=1S/C11H12N4O3S/c1-9-6-11(13-8-12-9)10-2-3-15(14-7-10)4-5-19(16,17)18/h2-3,6-8H,4-5H2,1H3. The van der Waals surface area contributed by atoms with Crippen molar-refractivity contribution in [2.24, 2.45) is 0 Å². The number of aromatic nitrogens is 4. The van der Waals surface area contributed by atoms with Gasteiger partial charge in [0.15, 0.2) is 12.7 Å². The van der Waals surface area contributed by atoms with Gasteiger partial charge in [0.2, 0.25) is 0 Å². The van der Waals surface area contributed by atoms with Crippen molar-refractivity contribution in [2.75, 3.05) is 5.75 Å². The molecule has 0 aliphatic rings. The number of nitrogens with zero attached hydrogens (tertiary/aromatic N) is 4. The number of aryl methyl sites for hydroxylation is 2. The summed E-state index contributed by atoms with van der Waals surface area (Å²) < 4.78 is 32.9. The second kappa shape index (κ2) is 5.37. The smallest absolute Gasteiger partial charge is 0.197 e. The molecule has 0 fully saturated rings. The molecule has 0 unspecified atom stereocenters. The van der Waals surface area contributed by atoms with E-state index in [1.807, 2.05) is 13.0 Å². The summed E-state index contributed by atoms with van der Waals surface area (Å²) in [7, 11) is -4.22. The summed E-state index contributed by atoms with van der Waals surface area (Å²) in [6.07, 6.45) is 4.65. The molecule has 0 spiro atoms. The van der Waals surface area contributed by atoms with Gasteiger partial charge < -0.3 is 4.55 Å². The molecule has 8 heteroatoms. The van der Waals surface area contributed by atoms with E-state index in [4.69, 9.17) is 0 Å². The summed E-state index contributed by atoms with van der Waals surface area (Å²) in [4.78, 5) is 8.12. The summed E-state index contributed by atoms with van der Waals surface area (Å²) in [5.74, 6) is -0.476. The molecule has 2 rings (SSSR count). The highest BCUT2D eigenvalue weighted by Gasteiger charge is 2.07. The molecular formula is C11H12N4O3S. The maximum Gasteiger partial charge on any atom is 0.197 e. The summed E-state index contributed by atoms with van der Waals surface area (Å²) in [5, 5.41) is 4.04. The molecule has 0 amide bonds. The lowest BCUT2D eigenvalue weighted by Crippen LogP contribution is -2.40. The molecular weight excluding hydrogens is 268 g/mol. The first-order valence-corrected chi connectivity index (χ1v) is 7.10. The molecule has 7 nitrogen and oxygen atoms in total. The molecule has 0 saturated carbocycles. The van der Waals surface area contributed by atoms with E-state index < -0.39 is 15.9 Å². The van der Waals surface area contributed by atoms with Crippen LogP contribution in [0.3, 0.4) is 0 Å². The van der Waals surface area contributed by atoms with E-state index in [9.17, 15) is 13.0 Å². The predicted octanol–water partition coefficient (Wildman–Crippen LogP) is -0.320. The number of hydrogen-bond acceptors (Lipinski definition) is 6. The van der Waals surface area contributed by atoms with Crippen molar-refractivity contribution in [3.8, 4) is 11.3 Å². The van der Waals surface area contributed by atoms with Crippen LogP contribution < -0.4 is 4.68 Å². The third-order valence-electron chi connectivity index (χ3n) is 2.44. The van der Waals surface area contributed by atoms with Gasteiger partial charge in [0.1, 0.15) is 22.6 Å². The van der Waals surface area contributed by atoms with E-state index in [1.54, 1.807) is 18.5 Å². The molecule has 100 valence electrons. The van der Waals surface area contributed by atoms with E-state index in [2.05, 4.69) is 15.1 Å². The van der Waals surface area contributed by atoms with Crippen LogP contribution in [0, 0.1) is 6.92 Å². The lowest BCUT2D eigenvalue weighted by Gasteiger charge is -2.03. The first-order chi connectivity index (χ1) is 8.94. The van der Waals surface area contributed by atoms with Gasteiger partial charge in [-0.05, 0) is 18.1 Å². The minimum atomic E-state index is -4.22. The molecule has 0 bridgehead atoms. The fraction of sp³-hybridized carbons (Fsp3) is 0.273. The molecule has 19 heavy (non-hydrogen) atoms. The molecule has 0 aliphatic heterocycles. The van der Waals surface area contributed by atoms with Crippen LogP contribution in [0.1, 0.15) is 5.69 Å². The van der Waals surface area contributed by atoms with Gasteiger partial charge in [0.25, 0.3) is 0 Å². The van der Waals surface area contributed by atoms with Crippen LogP contribution >= 0.6 is 0 Å². The Morgan fingerprint density at radius 1 is 1.37 bits per heavy atom. The number of rotatable bonds is 4. The van der Waals surface area contributed by atoms with Crippen molar-refractivity contribution >= 4 is 10.1 Å². The third-order valence-corrected chi connectivity index (χ3v) is 3.12. The highest BCUT2D eigenvalue weighted by Crippen LogP contribution is 2.13. The summed E-state index contributed by atoms with van der Waals surface area (Å²) >= 11 is 0. The topological polar surface area (TPSA) is 99.8 Å². The van der Waals surface area contributed by atoms with Crippen LogP contribution in [-0.4, -0.2) is 33.8 Å². The van der Waals surface area contributed by atoms with E-state index in [-0.39, 0.29) is 6.54 Å². The van der Waals surface area contributed by atoms with Gasteiger partial charge in [-0.2, -0.15) is 0 Å². The monoisotopic (exact) mass is 280 g/mol. The Labute approximate surface area is 110 Å². The molecule has 0 aliphatic carbocycles. The van der Waals surface area contributed by atoms with Crippen molar-refractivity contribution in [2.45, 2.75) is 13.5 Å². The van der Waals surface area contributed by atoms with Crippen molar-refractivity contribution in [3.63, 3.8) is 0 Å². The highest BCUT2D eigenvalue weighted by molar-refractivity contribution is 7.85. The molecule has 0 saturated heterocycles. The van der Waals surface area contributed by atoms with E-state index in [1.165, 1.54) is 11.0 Å². The molecule has 0 radical (unpaired) electrons. The largest absolute Gasteiger partial charge is 0.748 e. The third kappa shape index (κ3) is 4.04. The maximum atomic E-state index is 10.5. The van der Waals surface area contributed by atoms with Gasteiger partial charge in [0.05, 0.1) is 11.4 Å². The average molecular weight is 280 g/mol. The van der Waals surface area contributed by atoms with Crippen LogP contribution in [0.25, 0.3) is 11.3 Å². The van der Waals surface area contributed by atoms with Gasteiger partial charge in [-0.15, -0.1) is 0 Å². The zero-order valence-electron chi connectivity index (χ0n) is 10.2. The van der Waals surface area contributed by atoms with Crippen molar-refractivity contribution in [3.05, 3.63) is 36.5 Å². The minimum Gasteiger partial charge on any atom is -0.748 e. The summed E-state index contributed by atoms with van der Waals surface area (Å²) in [5.41, 5.74) is 2.38. The van der Waals surface area contributed by atoms with Gasteiger partial charge in [-0.25, -0.2) is 18.4 Å². The average Bonchev–Trinajstić information content (AvgIpc) is 2.36. The molecule has 0 N–H and O–H groups in total. The summed E-state index contributed by atoms with van der Waals surface area (Å²) in [6.45, 7) is 1.90. The predicted molar refractivity (Wildman–Crippen MR) is 64.8 cm³/mol. The lowest BCUT2D eigenvalue weighted by molar-refractivity contribution is -0.750. The van der Waals surface area contributed by atoms with E-state index >= 15 is 0 Å². The van der Waals surface area contributed by atoms with Crippen LogP contribution in [0.5, 0.6) is 0 Å². The van der Waals surface area contributed by atoms with Crippen molar-refractivity contribution < 1.29 is 17.7 Å². The van der Waals surface area contributed by atoms with Crippen LogP contribution in [0.15, 0.2) is 30.9 Å². The van der Waals surface area contributed by atoms with E-state index in [0.717, 1.165) is 17.0 Å². The van der Waals surface area contributed by atoms with Crippen molar-refractivity contribution in [1.29, 1.82) is 0 Å². The first kappa shape index (κ1) is 13.5. The minimum absolute atomic E-state index is 0.0366. The Hall–Kier alpha value is -1.93. The zero-order chi connectivity index (χ0) is 13.9. The van der Waals surface area contributed by atoms with Gasteiger partial charge in [-0.3, -0.25) is 0 Å². The second-order valence-corrected chi connectivity index (χ2v) is 5.51. The molecule has 2 heterocycles. The molecule has 2 aromatic heterocycles. The Morgan fingerprint density at radius 2 is 2.16 bits per heavy atom. The highest BCUT2D eigenvalue weighted by atomic mass is 32.2. The normalized spacial score (nSPS) is 11.5. The lowest BCUT2D eigenvalue weighted by atomic mass is 10.2. The fourth-order valence-corrected chi connectivity index (χ4v) is 1.90. The number of hydrogen-bond donors (Lipinski definition) is 0. The van der Waals surface area contributed by atoms with Gasteiger partial charge >= 0.3 is 0 Å². The quantitative estimate of drug-likeness (QED) is 0.562. The van der Waals surface area contributed by atoms with Crippen LogP contribution in [0.2, 0.25) is 0 Å². The zero-order valence-corrected chi connectivity index (χ0v) is 11.0. The van der Waals surface area contributed by atoms with E-state index in [0.29, 0.717) is 0 Å². The molecule has 0 aromatic carbocycles. The summed E-state index contributed by atoms with van der Waals surface area (Å²) in [6, 6.07) is 3.58. The SMILES string of the molecule is Cc1cc(-c2cc[n+](CCS(=O)(=O)[O-])nc2)ncn1. The fourth-order valence-electron chi connectivity index (χ4n) is 1.49. The van der Waals surface area contributed by atoms with Gasteiger partial charge in [-0.1, -0.05) is 4.68 Å². The molecule has 2 aromatic rings. The van der Waals surface area contributed by atoms with Crippen LogP contribution in [0.4, 0.5) is 0 Å². The van der Waals surface area contributed by atoms with Crippen molar-refractivity contribution in [1.82, 2.24) is 15.1 Å². The first-order valence-electron chi connectivity index (χ1n) is 5.52. The maximum absolute atomic E-state index is 10.5. The van der Waals surface area contributed by atoms with Gasteiger partial charge in [0, 0.05) is 17.3 Å². The Morgan fingerprint density at radius 3 is 2.74 bits per heavy atom. The second-order valence-electron chi connectivity index (χ2n) is 3.99. The van der Waals surface area contributed by atoms with Crippen LogP contribution in [-0.2, 0) is 16.7 Å². The Balaban J connectivity index is 2.15. The Bertz CT molecular complexity index is 671.